The summed E-state index contributed by atoms with van der Waals surface area (Å²) in [4.78, 5) is 0. The molecule has 15 heavy (non-hydrogen) atoms. The molecule has 0 aliphatic carbocycles. The highest BCUT2D eigenvalue weighted by molar-refractivity contribution is 7.64. The second-order valence-corrected chi connectivity index (χ2v) is 18.1. The summed E-state index contributed by atoms with van der Waals surface area (Å²) in [6.45, 7) is 0. The summed E-state index contributed by atoms with van der Waals surface area (Å²) < 4.78 is 0. The zero-order valence-electron chi connectivity index (χ0n) is 8.62. The van der Waals surface area contributed by atoms with Gasteiger partial charge in [0.25, 0.3) is 0 Å². The van der Waals surface area contributed by atoms with E-state index < -0.39 is 13.4 Å². The van der Waals surface area contributed by atoms with E-state index in [9.17, 15) is 0 Å². The molecule has 0 atom stereocenters. The Morgan fingerprint density at radius 1 is 0.733 bits per heavy atom. The van der Waals surface area contributed by atoms with Crippen LogP contribution in [0.25, 0.3) is 0 Å². The first-order valence-electron chi connectivity index (χ1n) is 5.27. The molecule has 0 heterocycles. The van der Waals surface area contributed by atoms with Gasteiger partial charge in [-0.1, -0.05) is 38.5 Å². The van der Waals surface area contributed by atoms with Crippen molar-refractivity contribution in [1.82, 2.24) is 0 Å². The van der Waals surface area contributed by atoms with Crippen molar-refractivity contribution in [3.63, 3.8) is 0 Å². The number of hydrogen-bond acceptors (Lipinski definition) is 0. The lowest BCUT2D eigenvalue weighted by Gasteiger charge is -2.06. The second-order valence-electron chi connectivity index (χ2n) is 3.67. The van der Waals surface area contributed by atoms with Crippen LogP contribution in [0.15, 0.2) is 0 Å². The Morgan fingerprint density at radius 2 is 1.20 bits per heavy atom. The SMILES string of the molecule is Cl[SiH](Cl)CCCCCCCC[Si](Cl)(Cl)Cl. The largest absolute Gasteiger partial charge is 0.341 e. The maximum Gasteiger partial charge on any atom is 0.341 e. The van der Waals surface area contributed by atoms with Gasteiger partial charge in [0.1, 0.15) is 0 Å². The fourth-order valence-corrected chi connectivity index (χ4v) is 4.71. The first-order chi connectivity index (χ1) is 6.92. The fourth-order valence-electron chi connectivity index (χ4n) is 1.33. The molecule has 7 heteroatoms. The highest BCUT2D eigenvalue weighted by Gasteiger charge is 2.23. The molecular formula is C8H17Cl5Si2. The Balaban J connectivity index is 3.06. The Kier molecular flexibility index (Phi) is 11.1. The summed E-state index contributed by atoms with van der Waals surface area (Å²) in [6, 6.07) is -0.541. The predicted octanol–water partition coefficient (Wildman–Crippen LogP) is 5.68. The van der Waals surface area contributed by atoms with Gasteiger partial charge in [0.05, 0.1) is 0 Å². The highest BCUT2D eigenvalue weighted by atomic mass is 35.8. The van der Waals surface area contributed by atoms with Gasteiger partial charge in [0.15, 0.2) is 0 Å². The molecule has 0 amide bonds. The second kappa shape index (κ2) is 9.87. The van der Waals surface area contributed by atoms with Crippen molar-refractivity contribution in [1.29, 1.82) is 0 Å². The normalized spacial score (nSPS) is 12.4. The summed E-state index contributed by atoms with van der Waals surface area (Å²) >= 11 is 28.8. The van der Waals surface area contributed by atoms with E-state index in [4.69, 9.17) is 55.4 Å². The Morgan fingerprint density at radius 3 is 1.67 bits per heavy atom. The number of unbranched alkanes of at least 4 members (excludes halogenated alkanes) is 5. The van der Waals surface area contributed by atoms with Crippen molar-refractivity contribution in [2.45, 2.75) is 50.6 Å². The summed E-state index contributed by atoms with van der Waals surface area (Å²) in [6.07, 6.45) is 7.09. The highest BCUT2D eigenvalue weighted by Crippen LogP contribution is 2.27. The first-order valence-corrected chi connectivity index (χ1v) is 14.8. The molecule has 0 unspecified atom stereocenters. The minimum atomic E-state index is -2.36. The van der Waals surface area contributed by atoms with E-state index in [-0.39, 0.29) is 0 Å². The zero-order valence-corrected chi connectivity index (χ0v) is 14.6. The summed E-state index contributed by atoms with van der Waals surface area (Å²) in [5.74, 6) is 0. The van der Waals surface area contributed by atoms with Gasteiger partial charge in [0, 0.05) is 0 Å². The first kappa shape index (κ1) is 16.9. The fraction of sp³-hybridized carbons (Fsp3) is 1.00. The third-order valence-electron chi connectivity index (χ3n) is 2.13. The van der Waals surface area contributed by atoms with Crippen LogP contribution in [0, 0.1) is 0 Å². The summed E-state index contributed by atoms with van der Waals surface area (Å²) in [5, 5.41) is 0. The Labute approximate surface area is 119 Å². The zero-order chi connectivity index (χ0) is 11.7. The lowest BCUT2D eigenvalue weighted by Crippen LogP contribution is -2.07. The van der Waals surface area contributed by atoms with Gasteiger partial charge in [-0.05, 0) is 12.1 Å². The van der Waals surface area contributed by atoms with Crippen molar-refractivity contribution < 1.29 is 0 Å². The number of hydrogen-bond donors (Lipinski definition) is 0. The Bertz CT molecular complexity index is 148. The van der Waals surface area contributed by atoms with Gasteiger partial charge in [-0.15, -0.1) is 33.2 Å². The van der Waals surface area contributed by atoms with Crippen LogP contribution in [0.4, 0.5) is 0 Å². The smallest absolute Gasteiger partial charge is 0.150 e. The maximum atomic E-state index is 5.78. The molecule has 0 bridgehead atoms. The molecule has 0 aromatic rings. The van der Waals surface area contributed by atoms with Crippen LogP contribution in [0.1, 0.15) is 38.5 Å². The van der Waals surface area contributed by atoms with Crippen LogP contribution in [0.2, 0.25) is 12.1 Å². The molecule has 0 aliphatic heterocycles. The summed E-state index contributed by atoms with van der Waals surface area (Å²) in [7, 11) is -1.36. The molecule has 0 aromatic heterocycles. The van der Waals surface area contributed by atoms with Crippen LogP contribution >= 0.6 is 55.4 Å². The molecule has 0 saturated heterocycles. The lowest BCUT2D eigenvalue weighted by atomic mass is 10.1. The molecule has 0 N–H and O–H groups in total. The third kappa shape index (κ3) is 15.9. The van der Waals surface area contributed by atoms with Crippen molar-refractivity contribution in [3.05, 3.63) is 0 Å². The van der Waals surface area contributed by atoms with Crippen LogP contribution in [-0.2, 0) is 0 Å². The molecule has 0 saturated carbocycles. The topological polar surface area (TPSA) is 0 Å². The van der Waals surface area contributed by atoms with Crippen LogP contribution in [0.5, 0.6) is 0 Å². The molecule has 0 aromatic carbocycles. The average Bonchev–Trinajstić information content (AvgIpc) is 2.07. The lowest BCUT2D eigenvalue weighted by molar-refractivity contribution is 0.623. The van der Waals surface area contributed by atoms with Crippen molar-refractivity contribution >= 4 is 68.8 Å². The van der Waals surface area contributed by atoms with Gasteiger partial charge in [-0.2, -0.15) is 22.2 Å². The van der Waals surface area contributed by atoms with E-state index in [0.29, 0.717) is 0 Å². The molecule has 0 fully saturated rings. The van der Waals surface area contributed by atoms with E-state index in [2.05, 4.69) is 0 Å². The van der Waals surface area contributed by atoms with E-state index in [1.54, 1.807) is 0 Å². The quantitative estimate of drug-likeness (QED) is 0.286. The number of rotatable bonds is 9. The van der Waals surface area contributed by atoms with Gasteiger partial charge >= 0.3 is 6.00 Å². The van der Waals surface area contributed by atoms with Crippen molar-refractivity contribution in [3.8, 4) is 0 Å². The van der Waals surface area contributed by atoms with Gasteiger partial charge in [-0.3, -0.25) is 0 Å². The molecule has 0 radical (unpaired) electrons. The third-order valence-corrected chi connectivity index (χ3v) is 6.91. The molecular weight excluding hydrogens is 330 g/mol. The monoisotopic (exact) mass is 344 g/mol. The molecule has 0 nitrogen and oxygen atoms in total. The van der Waals surface area contributed by atoms with Crippen LogP contribution in [0.3, 0.4) is 0 Å². The minimum absolute atomic E-state index is 0.788. The molecule has 0 aliphatic rings. The van der Waals surface area contributed by atoms with Gasteiger partial charge in [-0.25, -0.2) is 0 Å². The molecule has 0 rings (SSSR count). The predicted molar refractivity (Wildman–Crippen MR) is 79.5 cm³/mol. The van der Waals surface area contributed by atoms with Crippen LogP contribution < -0.4 is 0 Å². The average molecular weight is 347 g/mol. The van der Waals surface area contributed by atoms with Crippen molar-refractivity contribution in [2.75, 3.05) is 0 Å². The van der Waals surface area contributed by atoms with E-state index in [1.807, 2.05) is 0 Å². The minimum Gasteiger partial charge on any atom is -0.150 e. The van der Waals surface area contributed by atoms with Gasteiger partial charge in [0.2, 0.25) is 7.42 Å². The number of halogens is 5. The van der Waals surface area contributed by atoms with E-state index >= 15 is 0 Å². The maximum absolute atomic E-state index is 5.78. The Hall–Kier alpha value is 1.88. The van der Waals surface area contributed by atoms with E-state index in [0.717, 1.165) is 18.5 Å². The van der Waals surface area contributed by atoms with Crippen LogP contribution in [-0.4, -0.2) is 13.4 Å². The summed E-state index contributed by atoms with van der Waals surface area (Å²) in [5.41, 5.74) is 0. The van der Waals surface area contributed by atoms with E-state index in [1.165, 1.54) is 32.1 Å². The standard InChI is InChI=1S/C8H17Cl5Si2/c9-14(10)7-5-3-1-2-4-6-8-15(11,12)13/h14H,1-8H2. The molecule has 92 valence electrons. The van der Waals surface area contributed by atoms with Crippen molar-refractivity contribution in [2.24, 2.45) is 0 Å². The van der Waals surface area contributed by atoms with Gasteiger partial charge < -0.3 is 0 Å². The molecule has 0 spiro atoms.